The molecule has 0 atom stereocenters. The SMILES string of the molecule is CN=C(NCCc1nc(C)no1)NCc1ccccc1C.I. The fourth-order valence-corrected chi connectivity index (χ4v) is 1.94. The molecular weight excluding hydrogens is 393 g/mol. The summed E-state index contributed by atoms with van der Waals surface area (Å²) >= 11 is 0. The minimum Gasteiger partial charge on any atom is -0.356 e. The van der Waals surface area contributed by atoms with Gasteiger partial charge in [-0.15, -0.1) is 24.0 Å². The summed E-state index contributed by atoms with van der Waals surface area (Å²) in [6.45, 7) is 5.34. The fraction of sp³-hybridized carbons (Fsp3) is 0.400. The van der Waals surface area contributed by atoms with Crippen LogP contribution in [-0.4, -0.2) is 29.7 Å². The molecule has 0 saturated carbocycles. The van der Waals surface area contributed by atoms with Crippen molar-refractivity contribution in [2.45, 2.75) is 26.8 Å². The van der Waals surface area contributed by atoms with Gasteiger partial charge < -0.3 is 15.2 Å². The van der Waals surface area contributed by atoms with Gasteiger partial charge in [0.25, 0.3) is 0 Å². The zero-order chi connectivity index (χ0) is 15.1. The molecule has 0 amide bonds. The first kappa shape index (κ1) is 18.4. The van der Waals surface area contributed by atoms with Crippen molar-refractivity contribution in [3.63, 3.8) is 0 Å². The van der Waals surface area contributed by atoms with E-state index in [4.69, 9.17) is 4.52 Å². The summed E-state index contributed by atoms with van der Waals surface area (Å²) in [5, 5.41) is 10.3. The zero-order valence-electron chi connectivity index (χ0n) is 13.1. The van der Waals surface area contributed by atoms with E-state index in [2.05, 4.69) is 44.8 Å². The van der Waals surface area contributed by atoms with Gasteiger partial charge in [0.05, 0.1) is 0 Å². The van der Waals surface area contributed by atoms with E-state index in [-0.39, 0.29) is 24.0 Å². The molecule has 22 heavy (non-hydrogen) atoms. The molecule has 0 unspecified atom stereocenters. The number of guanidine groups is 1. The lowest BCUT2D eigenvalue weighted by atomic mass is 10.1. The topological polar surface area (TPSA) is 75.3 Å². The molecule has 1 aromatic carbocycles. The molecule has 2 rings (SSSR count). The van der Waals surface area contributed by atoms with Gasteiger partial charge in [0.2, 0.25) is 5.89 Å². The predicted molar refractivity (Wildman–Crippen MR) is 97.5 cm³/mol. The maximum atomic E-state index is 5.06. The number of rotatable bonds is 5. The van der Waals surface area contributed by atoms with Crippen molar-refractivity contribution >= 4 is 29.9 Å². The molecule has 2 aromatic rings. The summed E-state index contributed by atoms with van der Waals surface area (Å²) < 4.78 is 5.06. The third-order valence-electron chi connectivity index (χ3n) is 3.13. The molecule has 1 aromatic heterocycles. The highest BCUT2D eigenvalue weighted by molar-refractivity contribution is 14.0. The Bertz CT molecular complexity index is 611. The van der Waals surface area contributed by atoms with Crippen LogP contribution in [0.5, 0.6) is 0 Å². The van der Waals surface area contributed by atoms with Crippen molar-refractivity contribution in [3.05, 3.63) is 47.1 Å². The van der Waals surface area contributed by atoms with Gasteiger partial charge in [0, 0.05) is 26.6 Å². The number of hydrogen-bond acceptors (Lipinski definition) is 4. The number of nitrogens with one attached hydrogen (secondary N) is 2. The second-order valence-electron chi connectivity index (χ2n) is 4.76. The number of aromatic nitrogens is 2. The Balaban J connectivity index is 0.00000242. The Hall–Kier alpha value is -1.64. The predicted octanol–water partition coefficient (Wildman–Crippen LogP) is 2.21. The number of nitrogens with zero attached hydrogens (tertiary/aromatic N) is 3. The Morgan fingerprint density at radius 2 is 2.00 bits per heavy atom. The normalized spacial score (nSPS) is 11.0. The second-order valence-corrected chi connectivity index (χ2v) is 4.76. The van der Waals surface area contributed by atoms with Crippen LogP contribution in [0.4, 0.5) is 0 Å². The van der Waals surface area contributed by atoms with Crippen LogP contribution in [0.1, 0.15) is 22.8 Å². The molecule has 0 aliphatic carbocycles. The lowest BCUT2D eigenvalue weighted by Gasteiger charge is -2.12. The van der Waals surface area contributed by atoms with Gasteiger partial charge in [-0.05, 0) is 25.0 Å². The third-order valence-corrected chi connectivity index (χ3v) is 3.13. The number of halogens is 1. The Labute approximate surface area is 147 Å². The summed E-state index contributed by atoms with van der Waals surface area (Å²) in [5.74, 6) is 2.05. The highest BCUT2D eigenvalue weighted by Crippen LogP contribution is 2.05. The van der Waals surface area contributed by atoms with E-state index in [1.807, 2.05) is 19.1 Å². The number of hydrogen-bond donors (Lipinski definition) is 2. The lowest BCUT2D eigenvalue weighted by Crippen LogP contribution is -2.38. The molecule has 1 heterocycles. The van der Waals surface area contributed by atoms with E-state index in [0.717, 1.165) is 12.5 Å². The minimum atomic E-state index is 0. The molecule has 7 heteroatoms. The lowest BCUT2D eigenvalue weighted by molar-refractivity contribution is 0.374. The van der Waals surface area contributed by atoms with Crippen molar-refractivity contribution in [2.24, 2.45) is 4.99 Å². The Morgan fingerprint density at radius 3 is 2.64 bits per heavy atom. The van der Waals surface area contributed by atoms with Gasteiger partial charge in [0.15, 0.2) is 11.8 Å². The molecule has 0 saturated heterocycles. The van der Waals surface area contributed by atoms with E-state index < -0.39 is 0 Å². The molecule has 0 spiro atoms. The second kappa shape index (κ2) is 9.39. The first-order chi connectivity index (χ1) is 10.2. The first-order valence-corrected chi connectivity index (χ1v) is 6.97. The summed E-state index contributed by atoms with van der Waals surface area (Å²) in [4.78, 5) is 8.36. The smallest absolute Gasteiger partial charge is 0.228 e. The van der Waals surface area contributed by atoms with Crippen LogP contribution in [0.25, 0.3) is 0 Å². The van der Waals surface area contributed by atoms with Gasteiger partial charge in [-0.1, -0.05) is 29.4 Å². The number of aliphatic imine (C=N–C) groups is 1. The average Bonchev–Trinajstić information content (AvgIpc) is 2.90. The molecule has 0 radical (unpaired) electrons. The van der Waals surface area contributed by atoms with Gasteiger partial charge in [-0.3, -0.25) is 4.99 Å². The monoisotopic (exact) mass is 415 g/mol. The molecule has 0 fully saturated rings. The van der Waals surface area contributed by atoms with Crippen molar-refractivity contribution in [2.75, 3.05) is 13.6 Å². The van der Waals surface area contributed by atoms with Gasteiger partial charge in [0.1, 0.15) is 0 Å². The number of aryl methyl sites for hydroxylation is 2. The molecule has 0 bridgehead atoms. The molecule has 6 nitrogen and oxygen atoms in total. The fourth-order valence-electron chi connectivity index (χ4n) is 1.94. The summed E-state index contributed by atoms with van der Waals surface area (Å²) in [7, 11) is 1.75. The molecule has 0 aliphatic rings. The highest BCUT2D eigenvalue weighted by Gasteiger charge is 2.04. The van der Waals surface area contributed by atoms with Crippen molar-refractivity contribution in [1.29, 1.82) is 0 Å². The Morgan fingerprint density at radius 1 is 1.23 bits per heavy atom. The van der Waals surface area contributed by atoms with E-state index in [9.17, 15) is 0 Å². The van der Waals surface area contributed by atoms with E-state index in [1.54, 1.807) is 7.05 Å². The highest BCUT2D eigenvalue weighted by atomic mass is 127. The Kier molecular flexibility index (Phi) is 7.86. The summed E-state index contributed by atoms with van der Waals surface area (Å²) in [6.07, 6.45) is 0.673. The van der Waals surface area contributed by atoms with Gasteiger partial charge in [-0.25, -0.2) is 0 Å². The average molecular weight is 415 g/mol. The van der Waals surface area contributed by atoms with Gasteiger partial charge in [-0.2, -0.15) is 4.98 Å². The largest absolute Gasteiger partial charge is 0.356 e. The van der Waals surface area contributed by atoms with E-state index in [1.165, 1.54) is 11.1 Å². The standard InChI is InChI=1S/C15H21N5O.HI/c1-11-6-4-5-7-13(11)10-18-15(16-3)17-9-8-14-19-12(2)20-21-14;/h4-7H,8-10H2,1-3H3,(H2,16,17,18);1H. The van der Waals surface area contributed by atoms with Crippen LogP contribution < -0.4 is 10.6 Å². The first-order valence-electron chi connectivity index (χ1n) is 6.97. The van der Waals surface area contributed by atoms with Crippen LogP contribution >= 0.6 is 24.0 Å². The van der Waals surface area contributed by atoms with E-state index >= 15 is 0 Å². The van der Waals surface area contributed by atoms with Crippen molar-refractivity contribution < 1.29 is 4.52 Å². The molecule has 120 valence electrons. The van der Waals surface area contributed by atoms with Crippen molar-refractivity contribution in [1.82, 2.24) is 20.8 Å². The molecule has 0 aliphatic heterocycles. The zero-order valence-corrected chi connectivity index (χ0v) is 15.4. The quantitative estimate of drug-likeness (QED) is 0.445. The maximum absolute atomic E-state index is 5.06. The minimum absolute atomic E-state index is 0. The van der Waals surface area contributed by atoms with Crippen LogP contribution in [0, 0.1) is 13.8 Å². The molecular formula is C15H22IN5O. The van der Waals surface area contributed by atoms with Crippen LogP contribution in [0.2, 0.25) is 0 Å². The summed E-state index contributed by atoms with van der Waals surface area (Å²) in [6, 6.07) is 8.29. The number of benzene rings is 1. The maximum Gasteiger partial charge on any atom is 0.228 e. The molecule has 2 N–H and O–H groups in total. The van der Waals surface area contributed by atoms with Crippen LogP contribution in [-0.2, 0) is 13.0 Å². The summed E-state index contributed by atoms with van der Waals surface area (Å²) in [5.41, 5.74) is 2.52. The van der Waals surface area contributed by atoms with Gasteiger partial charge >= 0.3 is 0 Å². The van der Waals surface area contributed by atoms with Crippen LogP contribution in [0.3, 0.4) is 0 Å². The van der Waals surface area contributed by atoms with Crippen LogP contribution in [0.15, 0.2) is 33.8 Å². The third kappa shape index (κ3) is 5.63. The van der Waals surface area contributed by atoms with E-state index in [0.29, 0.717) is 24.7 Å². The van der Waals surface area contributed by atoms with Crippen molar-refractivity contribution in [3.8, 4) is 0 Å².